The van der Waals surface area contributed by atoms with Crippen molar-refractivity contribution >= 4 is 5.91 Å². The summed E-state index contributed by atoms with van der Waals surface area (Å²) in [6.45, 7) is 2.96. The van der Waals surface area contributed by atoms with Crippen LogP contribution in [0.25, 0.3) is 0 Å². The Morgan fingerprint density at radius 3 is 3.29 bits per heavy atom. The van der Waals surface area contributed by atoms with Gasteiger partial charge in [-0.05, 0) is 19.4 Å². The molecule has 0 bridgehead atoms. The molecule has 76 valence electrons. The molecular formula is C10H15N3O. The molecule has 2 rings (SSSR count). The van der Waals surface area contributed by atoms with Crippen LogP contribution >= 0.6 is 0 Å². The second kappa shape index (κ2) is 3.92. The van der Waals surface area contributed by atoms with Crippen molar-refractivity contribution in [1.82, 2.24) is 14.9 Å². The molecule has 1 saturated heterocycles. The van der Waals surface area contributed by atoms with Crippen LogP contribution in [0, 0.1) is 0 Å². The first-order chi connectivity index (χ1) is 6.83. The second-order valence-corrected chi connectivity index (χ2v) is 3.55. The van der Waals surface area contributed by atoms with Crippen molar-refractivity contribution < 1.29 is 4.79 Å². The lowest BCUT2D eigenvalue weighted by atomic mass is 10.2. The van der Waals surface area contributed by atoms with Gasteiger partial charge in [0.1, 0.15) is 5.82 Å². The summed E-state index contributed by atoms with van der Waals surface area (Å²) < 4.78 is 1.67. The van der Waals surface area contributed by atoms with Gasteiger partial charge < -0.3 is 5.32 Å². The highest BCUT2D eigenvalue weighted by Gasteiger charge is 2.24. The normalized spacial score (nSPS) is 21.4. The van der Waals surface area contributed by atoms with Crippen LogP contribution in [0.4, 0.5) is 0 Å². The van der Waals surface area contributed by atoms with Crippen LogP contribution in [-0.4, -0.2) is 28.0 Å². The van der Waals surface area contributed by atoms with Crippen LogP contribution in [0.15, 0.2) is 12.4 Å². The molecule has 1 fully saturated rings. The number of carbonyl (C=O) groups excluding carboxylic acids is 1. The Labute approximate surface area is 83.3 Å². The molecule has 14 heavy (non-hydrogen) atoms. The fraction of sp³-hybridized carbons (Fsp3) is 0.600. The SMILES string of the molecule is CCc1nccn1C(=O)C1CCCN1. The van der Waals surface area contributed by atoms with E-state index in [0.717, 1.165) is 31.6 Å². The molecule has 4 heteroatoms. The quantitative estimate of drug-likeness (QED) is 0.757. The molecular weight excluding hydrogens is 178 g/mol. The summed E-state index contributed by atoms with van der Waals surface area (Å²) in [6.07, 6.45) is 6.27. The van der Waals surface area contributed by atoms with E-state index in [0.29, 0.717) is 0 Å². The van der Waals surface area contributed by atoms with Gasteiger partial charge in [0, 0.05) is 18.8 Å². The topological polar surface area (TPSA) is 46.9 Å². The summed E-state index contributed by atoms with van der Waals surface area (Å²) in [5.74, 6) is 0.987. The van der Waals surface area contributed by atoms with E-state index in [1.165, 1.54) is 0 Å². The van der Waals surface area contributed by atoms with Gasteiger partial charge in [0.2, 0.25) is 5.91 Å². The molecule has 0 aliphatic carbocycles. The zero-order valence-corrected chi connectivity index (χ0v) is 8.36. The van der Waals surface area contributed by atoms with Crippen LogP contribution in [-0.2, 0) is 6.42 Å². The highest BCUT2D eigenvalue weighted by atomic mass is 16.2. The lowest BCUT2D eigenvalue weighted by Gasteiger charge is -2.10. The van der Waals surface area contributed by atoms with Gasteiger partial charge in [-0.25, -0.2) is 4.98 Å². The first-order valence-corrected chi connectivity index (χ1v) is 5.12. The number of carbonyl (C=O) groups is 1. The predicted octanol–water partition coefficient (Wildman–Crippen LogP) is 0.838. The Kier molecular flexibility index (Phi) is 2.63. The average Bonchev–Trinajstić information content (AvgIpc) is 2.87. The Hall–Kier alpha value is -1.16. The van der Waals surface area contributed by atoms with E-state index in [-0.39, 0.29) is 11.9 Å². The summed E-state index contributed by atoms with van der Waals surface area (Å²) in [5.41, 5.74) is 0. The number of hydrogen-bond acceptors (Lipinski definition) is 3. The number of imidazole rings is 1. The van der Waals surface area contributed by atoms with E-state index in [1.54, 1.807) is 17.0 Å². The third-order valence-electron chi connectivity index (χ3n) is 2.63. The smallest absolute Gasteiger partial charge is 0.249 e. The van der Waals surface area contributed by atoms with Crippen LogP contribution in [0.5, 0.6) is 0 Å². The summed E-state index contributed by atoms with van der Waals surface area (Å²) in [5, 5.41) is 3.20. The summed E-state index contributed by atoms with van der Waals surface area (Å²) in [6, 6.07) is -0.00509. The van der Waals surface area contributed by atoms with Gasteiger partial charge in [-0.2, -0.15) is 0 Å². The third kappa shape index (κ3) is 1.57. The minimum atomic E-state index is -0.00509. The fourth-order valence-electron chi connectivity index (χ4n) is 1.86. The molecule has 0 radical (unpaired) electrons. The number of nitrogens with zero attached hydrogens (tertiary/aromatic N) is 2. The van der Waals surface area contributed by atoms with E-state index in [2.05, 4.69) is 10.3 Å². The van der Waals surface area contributed by atoms with Crippen molar-refractivity contribution in [2.24, 2.45) is 0 Å². The van der Waals surface area contributed by atoms with Crippen molar-refractivity contribution in [2.75, 3.05) is 6.54 Å². The molecule has 0 aromatic carbocycles. The third-order valence-corrected chi connectivity index (χ3v) is 2.63. The molecule has 0 spiro atoms. The first kappa shape index (κ1) is 9.40. The maximum absolute atomic E-state index is 11.9. The zero-order valence-electron chi connectivity index (χ0n) is 8.36. The van der Waals surface area contributed by atoms with Crippen molar-refractivity contribution in [2.45, 2.75) is 32.2 Å². The molecule has 2 heterocycles. The highest BCUT2D eigenvalue weighted by Crippen LogP contribution is 2.09. The van der Waals surface area contributed by atoms with E-state index >= 15 is 0 Å². The minimum Gasteiger partial charge on any atom is -0.306 e. The van der Waals surface area contributed by atoms with Gasteiger partial charge in [-0.1, -0.05) is 6.92 Å². The van der Waals surface area contributed by atoms with Gasteiger partial charge in [-0.3, -0.25) is 9.36 Å². The maximum Gasteiger partial charge on any atom is 0.249 e. The highest BCUT2D eigenvalue weighted by molar-refractivity contribution is 5.85. The van der Waals surface area contributed by atoms with Crippen LogP contribution in [0.3, 0.4) is 0 Å². The monoisotopic (exact) mass is 193 g/mol. The molecule has 4 nitrogen and oxygen atoms in total. The van der Waals surface area contributed by atoms with Crippen LogP contribution in [0.2, 0.25) is 0 Å². The van der Waals surface area contributed by atoms with Gasteiger partial charge in [0.25, 0.3) is 0 Å². The molecule has 1 aliphatic heterocycles. The Morgan fingerprint density at radius 2 is 2.64 bits per heavy atom. The van der Waals surface area contributed by atoms with Gasteiger partial charge >= 0.3 is 0 Å². The minimum absolute atomic E-state index is 0.00509. The number of aromatic nitrogens is 2. The lowest BCUT2D eigenvalue weighted by Crippen LogP contribution is -2.35. The fourth-order valence-corrected chi connectivity index (χ4v) is 1.86. The molecule has 1 unspecified atom stereocenters. The number of rotatable bonds is 2. The molecule has 1 atom stereocenters. The second-order valence-electron chi connectivity index (χ2n) is 3.55. The van der Waals surface area contributed by atoms with Crippen molar-refractivity contribution in [3.63, 3.8) is 0 Å². The molecule has 1 aromatic rings. The molecule has 0 amide bonds. The van der Waals surface area contributed by atoms with E-state index < -0.39 is 0 Å². The average molecular weight is 193 g/mol. The lowest BCUT2D eigenvalue weighted by molar-refractivity contribution is 0.0866. The first-order valence-electron chi connectivity index (χ1n) is 5.12. The largest absolute Gasteiger partial charge is 0.306 e. The van der Waals surface area contributed by atoms with Crippen molar-refractivity contribution in [3.8, 4) is 0 Å². The molecule has 1 aliphatic rings. The maximum atomic E-state index is 11.9. The van der Waals surface area contributed by atoms with Crippen molar-refractivity contribution in [3.05, 3.63) is 18.2 Å². The van der Waals surface area contributed by atoms with E-state index in [9.17, 15) is 4.79 Å². The molecule has 1 aromatic heterocycles. The Bertz CT molecular complexity index is 326. The summed E-state index contributed by atoms with van der Waals surface area (Å²) in [4.78, 5) is 16.1. The predicted molar refractivity (Wildman–Crippen MR) is 53.3 cm³/mol. The molecule has 0 saturated carbocycles. The zero-order chi connectivity index (χ0) is 9.97. The van der Waals surface area contributed by atoms with Crippen molar-refractivity contribution in [1.29, 1.82) is 0 Å². The number of hydrogen-bond donors (Lipinski definition) is 1. The number of aryl methyl sites for hydroxylation is 1. The summed E-state index contributed by atoms with van der Waals surface area (Å²) >= 11 is 0. The molecule has 1 N–H and O–H groups in total. The Morgan fingerprint density at radius 1 is 1.79 bits per heavy atom. The van der Waals surface area contributed by atoms with Crippen LogP contribution < -0.4 is 5.32 Å². The van der Waals surface area contributed by atoms with Gasteiger partial charge in [0.15, 0.2) is 0 Å². The Balaban J connectivity index is 2.17. The van der Waals surface area contributed by atoms with Gasteiger partial charge in [0.05, 0.1) is 6.04 Å². The standard InChI is InChI=1S/C10H15N3O/c1-2-9-12-6-7-13(9)10(14)8-4-3-5-11-8/h6-8,11H,2-5H2,1H3. The van der Waals surface area contributed by atoms with E-state index in [1.807, 2.05) is 6.92 Å². The van der Waals surface area contributed by atoms with Crippen LogP contribution in [0.1, 0.15) is 30.4 Å². The number of nitrogens with one attached hydrogen (secondary N) is 1. The van der Waals surface area contributed by atoms with Gasteiger partial charge in [-0.15, -0.1) is 0 Å². The summed E-state index contributed by atoms with van der Waals surface area (Å²) in [7, 11) is 0. The van der Waals surface area contributed by atoms with E-state index in [4.69, 9.17) is 0 Å².